The Morgan fingerprint density at radius 3 is 2.38 bits per heavy atom. The van der Waals surface area contributed by atoms with Crippen LogP contribution in [0.2, 0.25) is 5.02 Å². The Morgan fingerprint density at radius 2 is 1.75 bits per heavy atom. The van der Waals surface area contributed by atoms with Crippen LogP contribution in [0.15, 0.2) is 42.5 Å². The Labute approximate surface area is 106 Å². The van der Waals surface area contributed by atoms with Gasteiger partial charge in [0.2, 0.25) is 0 Å². The molecule has 0 aliphatic heterocycles. The quantitative estimate of drug-likeness (QED) is 0.655. The molecule has 2 rings (SSSR count). The van der Waals surface area contributed by atoms with Gasteiger partial charge in [-0.3, -0.25) is 0 Å². The molecule has 0 fully saturated rings. The zero-order valence-corrected chi connectivity index (χ0v) is 10.5. The van der Waals surface area contributed by atoms with Gasteiger partial charge in [-0.25, -0.2) is 0 Å². The van der Waals surface area contributed by atoms with Gasteiger partial charge >= 0.3 is 0 Å². The minimum atomic E-state index is 0.476. The van der Waals surface area contributed by atoms with Crippen LogP contribution in [0.1, 0.15) is 11.1 Å². The SMILES string of the molecule is Cc1cc(-c2ccccc2)c(CCl)cc1Cl. The number of hydrogen-bond donors (Lipinski definition) is 0. The summed E-state index contributed by atoms with van der Waals surface area (Å²) < 4.78 is 0. The Balaban J connectivity index is 2.60. The normalized spacial score (nSPS) is 10.4. The van der Waals surface area contributed by atoms with Crippen molar-refractivity contribution >= 4 is 23.2 Å². The molecule has 0 spiro atoms. The van der Waals surface area contributed by atoms with Crippen molar-refractivity contribution in [1.82, 2.24) is 0 Å². The molecule has 0 unspecified atom stereocenters. The van der Waals surface area contributed by atoms with Gasteiger partial charge < -0.3 is 0 Å². The van der Waals surface area contributed by atoms with E-state index in [0.29, 0.717) is 5.88 Å². The highest BCUT2D eigenvalue weighted by molar-refractivity contribution is 6.31. The maximum Gasteiger partial charge on any atom is 0.0480 e. The lowest BCUT2D eigenvalue weighted by Crippen LogP contribution is -1.89. The molecule has 0 N–H and O–H groups in total. The summed E-state index contributed by atoms with van der Waals surface area (Å²) >= 11 is 12.0. The van der Waals surface area contributed by atoms with E-state index in [-0.39, 0.29) is 0 Å². The standard InChI is InChI=1S/C14H12Cl2/c1-10-7-13(11-5-3-2-4-6-11)12(9-15)8-14(10)16/h2-8H,9H2,1H3. The zero-order chi connectivity index (χ0) is 11.5. The van der Waals surface area contributed by atoms with E-state index in [1.54, 1.807) is 0 Å². The molecule has 0 atom stereocenters. The third-order valence-corrected chi connectivity index (χ3v) is 3.31. The smallest absolute Gasteiger partial charge is 0.0480 e. The van der Waals surface area contributed by atoms with E-state index in [2.05, 4.69) is 18.2 Å². The molecule has 0 aromatic heterocycles. The number of halogens is 2. The fraction of sp³-hybridized carbons (Fsp3) is 0.143. The van der Waals surface area contributed by atoms with Crippen LogP contribution < -0.4 is 0 Å². The molecule has 2 heteroatoms. The third kappa shape index (κ3) is 2.23. The fourth-order valence-electron chi connectivity index (χ4n) is 1.72. The first-order valence-electron chi connectivity index (χ1n) is 5.13. The summed E-state index contributed by atoms with van der Waals surface area (Å²) in [6.45, 7) is 2.01. The number of aryl methyl sites for hydroxylation is 1. The van der Waals surface area contributed by atoms with Crippen molar-refractivity contribution in [3.05, 3.63) is 58.6 Å². The monoisotopic (exact) mass is 250 g/mol. The van der Waals surface area contributed by atoms with Crippen LogP contribution in [-0.4, -0.2) is 0 Å². The molecular formula is C14H12Cl2. The summed E-state index contributed by atoms with van der Waals surface area (Å²) in [6, 6.07) is 14.3. The van der Waals surface area contributed by atoms with Crippen LogP contribution in [0.3, 0.4) is 0 Å². The molecule has 2 aromatic rings. The fourth-order valence-corrected chi connectivity index (χ4v) is 2.13. The Kier molecular flexibility index (Phi) is 3.52. The molecule has 0 aliphatic carbocycles. The minimum Gasteiger partial charge on any atom is -0.122 e. The van der Waals surface area contributed by atoms with E-state index in [1.807, 2.05) is 31.2 Å². The molecule has 0 saturated heterocycles. The van der Waals surface area contributed by atoms with E-state index in [0.717, 1.165) is 21.7 Å². The van der Waals surface area contributed by atoms with Crippen molar-refractivity contribution in [2.45, 2.75) is 12.8 Å². The summed E-state index contributed by atoms with van der Waals surface area (Å²) in [5, 5.41) is 0.773. The first-order valence-corrected chi connectivity index (χ1v) is 6.04. The second-order valence-electron chi connectivity index (χ2n) is 3.76. The van der Waals surface area contributed by atoms with Crippen molar-refractivity contribution in [1.29, 1.82) is 0 Å². The van der Waals surface area contributed by atoms with Gasteiger partial charge in [-0.1, -0.05) is 41.9 Å². The first kappa shape index (κ1) is 11.5. The summed E-state index contributed by atoms with van der Waals surface area (Å²) in [4.78, 5) is 0. The van der Waals surface area contributed by atoms with E-state index in [1.165, 1.54) is 5.56 Å². The maximum absolute atomic E-state index is 6.09. The van der Waals surface area contributed by atoms with Gasteiger partial charge in [0.25, 0.3) is 0 Å². The predicted molar refractivity (Wildman–Crippen MR) is 71.2 cm³/mol. The number of hydrogen-bond acceptors (Lipinski definition) is 0. The van der Waals surface area contributed by atoms with Gasteiger partial charge in [0, 0.05) is 10.9 Å². The topological polar surface area (TPSA) is 0 Å². The van der Waals surface area contributed by atoms with Gasteiger partial charge in [0.15, 0.2) is 0 Å². The van der Waals surface area contributed by atoms with Crippen molar-refractivity contribution in [3.63, 3.8) is 0 Å². The van der Waals surface area contributed by atoms with Crippen LogP contribution in [0.5, 0.6) is 0 Å². The van der Waals surface area contributed by atoms with E-state index >= 15 is 0 Å². The van der Waals surface area contributed by atoms with E-state index < -0.39 is 0 Å². The molecular weight excluding hydrogens is 239 g/mol. The molecule has 0 radical (unpaired) electrons. The Morgan fingerprint density at radius 1 is 1.06 bits per heavy atom. The third-order valence-electron chi connectivity index (χ3n) is 2.61. The summed E-state index contributed by atoms with van der Waals surface area (Å²) in [6.07, 6.45) is 0. The number of benzene rings is 2. The largest absolute Gasteiger partial charge is 0.122 e. The van der Waals surface area contributed by atoms with Crippen LogP contribution >= 0.6 is 23.2 Å². The van der Waals surface area contributed by atoms with Gasteiger partial charge in [-0.15, -0.1) is 11.6 Å². The average Bonchev–Trinajstić information content (AvgIpc) is 2.33. The highest BCUT2D eigenvalue weighted by atomic mass is 35.5. The Bertz CT molecular complexity index is 490. The summed E-state index contributed by atoms with van der Waals surface area (Å²) in [5.74, 6) is 0.476. The van der Waals surface area contributed by atoms with E-state index in [9.17, 15) is 0 Å². The second-order valence-corrected chi connectivity index (χ2v) is 4.43. The van der Waals surface area contributed by atoms with Crippen molar-refractivity contribution < 1.29 is 0 Å². The predicted octanol–water partition coefficient (Wildman–Crippen LogP) is 5.05. The lowest BCUT2D eigenvalue weighted by Gasteiger charge is -2.10. The minimum absolute atomic E-state index is 0.476. The van der Waals surface area contributed by atoms with Gasteiger partial charge in [-0.2, -0.15) is 0 Å². The molecule has 0 bridgehead atoms. The van der Waals surface area contributed by atoms with Gasteiger partial charge in [0.05, 0.1) is 0 Å². The maximum atomic E-state index is 6.09. The van der Waals surface area contributed by atoms with Crippen molar-refractivity contribution in [2.24, 2.45) is 0 Å². The lowest BCUT2D eigenvalue weighted by molar-refractivity contribution is 1.35. The van der Waals surface area contributed by atoms with Crippen molar-refractivity contribution in [3.8, 4) is 11.1 Å². The molecule has 82 valence electrons. The molecule has 0 nitrogen and oxygen atoms in total. The second kappa shape index (κ2) is 4.90. The summed E-state index contributed by atoms with van der Waals surface area (Å²) in [5.41, 5.74) is 4.49. The summed E-state index contributed by atoms with van der Waals surface area (Å²) in [7, 11) is 0. The van der Waals surface area contributed by atoms with Crippen molar-refractivity contribution in [2.75, 3.05) is 0 Å². The number of alkyl halides is 1. The molecule has 16 heavy (non-hydrogen) atoms. The lowest BCUT2D eigenvalue weighted by atomic mass is 9.98. The Hall–Kier alpha value is -0.980. The molecule has 2 aromatic carbocycles. The van der Waals surface area contributed by atoms with Crippen LogP contribution in [-0.2, 0) is 5.88 Å². The van der Waals surface area contributed by atoms with Crippen LogP contribution in [0, 0.1) is 6.92 Å². The molecule has 0 aliphatic rings. The molecule has 0 amide bonds. The molecule has 0 heterocycles. The van der Waals surface area contributed by atoms with Gasteiger partial charge in [-0.05, 0) is 41.3 Å². The average molecular weight is 251 g/mol. The van der Waals surface area contributed by atoms with Crippen LogP contribution in [0.25, 0.3) is 11.1 Å². The number of rotatable bonds is 2. The van der Waals surface area contributed by atoms with Crippen LogP contribution in [0.4, 0.5) is 0 Å². The first-order chi connectivity index (χ1) is 7.72. The highest BCUT2D eigenvalue weighted by Gasteiger charge is 2.07. The van der Waals surface area contributed by atoms with E-state index in [4.69, 9.17) is 23.2 Å². The zero-order valence-electron chi connectivity index (χ0n) is 9.00. The highest BCUT2D eigenvalue weighted by Crippen LogP contribution is 2.30. The van der Waals surface area contributed by atoms with Gasteiger partial charge in [0.1, 0.15) is 0 Å². The molecule has 0 saturated carbocycles.